The number of likely N-dealkylation sites (tertiary alicyclic amines) is 1. The monoisotopic (exact) mass is 593 g/mol. The quantitative estimate of drug-likeness (QED) is 0.346. The Morgan fingerprint density at radius 1 is 0.976 bits per heavy atom. The molecule has 0 spiro atoms. The summed E-state index contributed by atoms with van der Waals surface area (Å²) in [6.07, 6.45) is 5.39. The number of amides is 1. The van der Waals surface area contributed by atoms with E-state index in [-0.39, 0.29) is 40.6 Å². The summed E-state index contributed by atoms with van der Waals surface area (Å²) in [6.45, 7) is 7.43. The van der Waals surface area contributed by atoms with Crippen LogP contribution in [0.1, 0.15) is 71.3 Å². The Balaban J connectivity index is 1.24. The Bertz CT molecular complexity index is 1560. The van der Waals surface area contributed by atoms with Gasteiger partial charge in [-0.2, -0.15) is 0 Å². The van der Waals surface area contributed by atoms with Crippen LogP contribution < -0.4 is 4.72 Å². The van der Waals surface area contributed by atoms with Crippen LogP contribution in [-0.2, 0) is 33.1 Å². The molecule has 9 heteroatoms. The molecule has 1 atom stereocenters. The number of carboxylic acid groups (broad SMARTS) is 1. The highest BCUT2D eigenvalue weighted by atomic mass is 32.2. The van der Waals surface area contributed by atoms with Crippen LogP contribution >= 0.6 is 0 Å². The number of fused-ring (bicyclic) bond motifs is 1. The summed E-state index contributed by atoms with van der Waals surface area (Å²) >= 11 is 0. The fraction of sp³-hybridized carbons (Fsp3) is 0.515. The summed E-state index contributed by atoms with van der Waals surface area (Å²) in [5.41, 5.74) is 3.77. The van der Waals surface area contributed by atoms with Crippen LogP contribution in [0.25, 0.3) is 22.2 Å². The number of hydrogen-bond donors (Lipinski definition) is 2. The van der Waals surface area contributed by atoms with Gasteiger partial charge in [0.15, 0.2) is 0 Å². The maximum Gasteiger partial charge on any atom is 0.303 e. The molecule has 0 radical (unpaired) electrons. The van der Waals surface area contributed by atoms with Crippen LogP contribution in [0.3, 0.4) is 0 Å². The van der Waals surface area contributed by atoms with Gasteiger partial charge in [-0.3, -0.25) is 9.59 Å². The van der Waals surface area contributed by atoms with Crippen molar-refractivity contribution in [3.63, 3.8) is 0 Å². The topological polar surface area (TPSA) is 109 Å². The zero-order chi connectivity index (χ0) is 30.2. The highest BCUT2D eigenvalue weighted by Gasteiger charge is 2.40. The standard InChI is InChI=1S/C33H43N3O5S/c1-33(2,3)30-6-5-19-36(30)32(39)24-12-15-26(16-13-24)34-42(40,41)27-17-14-25-20-28(35(4)29(25)21-27)23-10-7-22(8-11-23)9-18-31(37)38/h7-8,10-11,14,17,20-21,24,26,30,34H,5-6,9,12-13,15-16,18-19H2,1-4H3,(H,37,38)/t24?,26?,30-/m1/s1. The Labute approximate surface area is 249 Å². The van der Waals surface area contributed by atoms with Crippen LogP contribution in [0.5, 0.6) is 0 Å². The number of rotatable bonds is 8. The second kappa shape index (κ2) is 11.8. The lowest BCUT2D eigenvalue weighted by Gasteiger charge is -2.38. The number of aliphatic carboxylic acids is 1. The van der Waals surface area contributed by atoms with Gasteiger partial charge >= 0.3 is 5.97 Å². The minimum atomic E-state index is -3.73. The first-order chi connectivity index (χ1) is 19.8. The van der Waals surface area contributed by atoms with Gasteiger partial charge in [-0.05, 0) is 79.7 Å². The highest BCUT2D eigenvalue weighted by molar-refractivity contribution is 7.89. The first-order valence-corrected chi connectivity index (χ1v) is 16.6. The van der Waals surface area contributed by atoms with Crippen LogP contribution in [0.4, 0.5) is 0 Å². The van der Waals surface area contributed by atoms with Crippen molar-refractivity contribution < 1.29 is 23.1 Å². The molecule has 1 aliphatic carbocycles. The van der Waals surface area contributed by atoms with E-state index in [1.807, 2.05) is 48.0 Å². The van der Waals surface area contributed by atoms with E-state index in [4.69, 9.17) is 5.11 Å². The van der Waals surface area contributed by atoms with Crippen LogP contribution in [0.15, 0.2) is 53.4 Å². The van der Waals surface area contributed by atoms with Gasteiger partial charge in [0.2, 0.25) is 15.9 Å². The third-order valence-corrected chi connectivity index (χ3v) is 10.7. The smallest absolute Gasteiger partial charge is 0.303 e. The number of carboxylic acids is 1. The third-order valence-electron chi connectivity index (χ3n) is 9.14. The number of hydrogen-bond acceptors (Lipinski definition) is 4. The molecule has 0 bridgehead atoms. The molecule has 2 N–H and O–H groups in total. The lowest BCUT2D eigenvalue weighted by molar-refractivity contribution is -0.139. The number of carbonyl (C=O) groups excluding carboxylic acids is 1. The van der Waals surface area contributed by atoms with E-state index in [1.165, 1.54) is 0 Å². The van der Waals surface area contributed by atoms with Crippen molar-refractivity contribution in [3.05, 3.63) is 54.1 Å². The molecule has 1 saturated heterocycles. The van der Waals surface area contributed by atoms with E-state index < -0.39 is 16.0 Å². The summed E-state index contributed by atoms with van der Waals surface area (Å²) in [7, 11) is -1.81. The average Bonchev–Trinajstić information content (AvgIpc) is 3.57. The molecule has 8 nitrogen and oxygen atoms in total. The number of sulfonamides is 1. The molecule has 42 heavy (non-hydrogen) atoms. The summed E-state index contributed by atoms with van der Waals surface area (Å²) in [6, 6.07) is 15.2. The summed E-state index contributed by atoms with van der Waals surface area (Å²) in [5.74, 6) is -0.603. The first-order valence-electron chi connectivity index (χ1n) is 15.1. The van der Waals surface area contributed by atoms with Gasteiger partial charge in [0.25, 0.3) is 0 Å². The predicted molar refractivity (Wildman–Crippen MR) is 165 cm³/mol. The lowest BCUT2D eigenvalue weighted by atomic mass is 9.82. The number of aromatic nitrogens is 1. The van der Waals surface area contributed by atoms with Crippen molar-refractivity contribution in [2.45, 2.75) is 89.1 Å². The van der Waals surface area contributed by atoms with Gasteiger partial charge in [0.05, 0.1) is 4.90 Å². The van der Waals surface area contributed by atoms with Crippen LogP contribution in [0.2, 0.25) is 0 Å². The molecule has 1 aromatic heterocycles. The third kappa shape index (κ3) is 6.42. The molecule has 1 aliphatic heterocycles. The van der Waals surface area contributed by atoms with Crippen LogP contribution in [-0.4, -0.2) is 53.5 Å². The van der Waals surface area contributed by atoms with Crippen molar-refractivity contribution >= 4 is 32.8 Å². The summed E-state index contributed by atoms with van der Waals surface area (Å²) in [4.78, 5) is 26.6. The summed E-state index contributed by atoms with van der Waals surface area (Å²) < 4.78 is 31.7. The van der Waals surface area contributed by atoms with E-state index in [9.17, 15) is 18.0 Å². The van der Waals surface area contributed by atoms with E-state index in [2.05, 4.69) is 30.4 Å². The first kappa shape index (κ1) is 30.3. The molecule has 2 aliphatic rings. The Kier molecular flexibility index (Phi) is 8.54. The summed E-state index contributed by atoms with van der Waals surface area (Å²) in [5, 5.41) is 9.87. The van der Waals surface area contributed by atoms with Gasteiger partial charge in [-0.15, -0.1) is 0 Å². The van der Waals surface area contributed by atoms with Gasteiger partial charge in [-0.1, -0.05) is 51.1 Å². The zero-order valence-electron chi connectivity index (χ0n) is 25.1. The molecule has 3 aromatic rings. The van der Waals surface area contributed by atoms with Crippen molar-refractivity contribution in [1.82, 2.24) is 14.2 Å². The Morgan fingerprint density at radius 3 is 2.31 bits per heavy atom. The maximum atomic E-state index is 13.4. The Morgan fingerprint density at radius 2 is 1.67 bits per heavy atom. The number of aryl methyl sites for hydroxylation is 2. The van der Waals surface area contributed by atoms with E-state index >= 15 is 0 Å². The largest absolute Gasteiger partial charge is 0.481 e. The molecule has 5 rings (SSSR count). The van der Waals surface area contributed by atoms with Gasteiger partial charge < -0.3 is 14.6 Å². The molecule has 2 aromatic carbocycles. The molecule has 1 amide bonds. The Hall–Kier alpha value is -3.17. The lowest BCUT2D eigenvalue weighted by Crippen LogP contribution is -2.47. The molecule has 1 saturated carbocycles. The molecule has 2 fully saturated rings. The van der Waals surface area contributed by atoms with E-state index in [0.717, 1.165) is 47.1 Å². The minimum absolute atomic E-state index is 0.0296. The number of nitrogens with zero attached hydrogens (tertiary/aromatic N) is 2. The predicted octanol–water partition coefficient (Wildman–Crippen LogP) is 5.74. The van der Waals surface area contributed by atoms with Gasteiger partial charge in [0, 0.05) is 54.6 Å². The van der Waals surface area contributed by atoms with Crippen molar-refractivity contribution in [3.8, 4) is 11.3 Å². The van der Waals surface area contributed by atoms with E-state index in [1.54, 1.807) is 12.1 Å². The van der Waals surface area contributed by atoms with Crippen molar-refractivity contribution in [1.29, 1.82) is 0 Å². The minimum Gasteiger partial charge on any atom is -0.481 e. The molecule has 226 valence electrons. The fourth-order valence-corrected chi connectivity index (χ4v) is 8.08. The normalized spacial score (nSPS) is 21.6. The second-order valence-electron chi connectivity index (χ2n) is 13.1. The van der Waals surface area contributed by atoms with E-state index in [0.29, 0.717) is 32.1 Å². The maximum absolute atomic E-state index is 13.4. The molecular weight excluding hydrogens is 550 g/mol. The van der Waals surface area contributed by atoms with Gasteiger partial charge in [0.1, 0.15) is 0 Å². The zero-order valence-corrected chi connectivity index (χ0v) is 25.9. The van der Waals surface area contributed by atoms with Crippen molar-refractivity contribution in [2.75, 3.05) is 6.54 Å². The second-order valence-corrected chi connectivity index (χ2v) is 14.8. The molecule has 0 unspecified atom stereocenters. The fourth-order valence-electron chi connectivity index (χ4n) is 6.76. The molecular formula is C33H43N3O5S. The number of carbonyl (C=O) groups is 2. The number of nitrogens with one attached hydrogen (secondary N) is 1. The van der Waals surface area contributed by atoms with Crippen LogP contribution in [0, 0.1) is 11.3 Å². The van der Waals surface area contributed by atoms with Crippen molar-refractivity contribution in [2.24, 2.45) is 18.4 Å². The average molecular weight is 594 g/mol. The SMILES string of the molecule is Cn1c(-c2ccc(CCC(=O)O)cc2)cc2ccc(S(=O)(=O)NC3CCC(C(=O)N4CCC[C@@H]4C(C)(C)C)CC3)cc21. The molecule has 2 heterocycles. The van der Waals surface area contributed by atoms with Gasteiger partial charge in [-0.25, -0.2) is 13.1 Å². The number of benzene rings is 2. The highest BCUT2D eigenvalue weighted by Crippen LogP contribution is 2.36.